The lowest BCUT2D eigenvalue weighted by molar-refractivity contribution is 0.102. The average Bonchev–Trinajstić information content (AvgIpc) is 3.33. The molecule has 1 aromatic heterocycles. The third-order valence-corrected chi connectivity index (χ3v) is 11.5. The van der Waals surface area contributed by atoms with E-state index in [9.17, 15) is 4.79 Å². The monoisotopic (exact) mass is 534 g/mol. The van der Waals surface area contributed by atoms with Crippen molar-refractivity contribution in [3.8, 4) is 22.4 Å². The summed E-state index contributed by atoms with van der Waals surface area (Å²) in [5, 5.41) is 9.03. The molecule has 3 aromatic rings. The van der Waals surface area contributed by atoms with Crippen LogP contribution in [0.3, 0.4) is 0 Å². The van der Waals surface area contributed by atoms with E-state index in [0.717, 1.165) is 49.5 Å². The largest absolute Gasteiger partial charge is 0.304 e. The van der Waals surface area contributed by atoms with E-state index in [2.05, 4.69) is 83.7 Å². The molecule has 0 aliphatic carbocycles. The number of carbonyl (C=O) groups excluding carboxylic acids is 1. The summed E-state index contributed by atoms with van der Waals surface area (Å²) in [5.41, 5.74) is 4.74. The van der Waals surface area contributed by atoms with E-state index in [1.54, 1.807) is 0 Å². The van der Waals surface area contributed by atoms with Crippen molar-refractivity contribution in [1.82, 2.24) is 14.8 Å². The minimum atomic E-state index is -1.02. The van der Waals surface area contributed by atoms with Crippen molar-refractivity contribution in [2.24, 2.45) is 0 Å². The van der Waals surface area contributed by atoms with E-state index in [0.29, 0.717) is 10.7 Å². The number of thiazole rings is 1. The summed E-state index contributed by atoms with van der Waals surface area (Å²) in [6, 6.07) is 16.1. The second-order valence-electron chi connectivity index (χ2n) is 11.0. The van der Waals surface area contributed by atoms with Gasteiger partial charge >= 0.3 is 0 Å². The summed E-state index contributed by atoms with van der Waals surface area (Å²) in [6.45, 7) is 12.0. The fraction of sp³-hybridized carbons (Fsp3) is 0.400. The van der Waals surface area contributed by atoms with E-state index < -0.39 is 10.0 Å². The highest BCUT2D eigenvalue weighted by atomic mass is 32.3. The molecule has 0 unspecified atom stereocenters. The third kappa shape index (κ3) is 7.24. The fourth-order valence-electron chi connectivity index (χ4n) is 3.72. The predicted molar refractivity (Wildman–Crippen MR) is 161 cm³/mol. The maximum absolute atomic E-state index is 12.8. The van der Waals surface area contributed by atoms with Crippen LogP contribution in [-0.2, 0) is 6.54 Å². The molecular weight excluding hydrogens is 496 g/mol. The highest BCUT2D eigenvalue weighted by molar-refractivity contribution is 8.37. The van der Waals surface area contributed by atoms with Crippen LogP contribution in [0.2, 0.25) is 0 Å². The van der Waals surface area contributed by atoms with Gasteiger partial charge in [-0.3, -0.25) is 15.0 Å². The van der Waals surface area contributed by atoms with Gasteiger partial charge in [0.05, 0.1) is 5.69 Å². The summed E-state index contributed by atoms with van der Waals surface area (Å²) in [5.74, 6) is 3.22. The minimum absolute atomic E-state index is 0.137. The zero-order valence-corrected chi connectivity index (χ0v) is 24.4. The van der Waals surface area contributed by atoms with Crippen molar-refractivity contribution in [2.45, 2.75) is 32.1 Å². The molecule has 1 aliphatic heterocycles. The van der Waals surface area contributed by atoms with Crippen molar-refractivity contribution >= 4 is 32.4 Å². The number of rotatable bonds is 5. The molecule has 1 aliphatic rings. The number of aromatic nitrogens is 1. The second-order valence-corrected chi connectivity index (χ2v) is 16.0. The minimum Gasteiger partial charge on any atom is -0.304 e. The van der Waals surface area contributed by atoms with Gasteiger partial charge in [0.25, 0.3) is 5.91 Å². The molecule has 1 amide bonds. The molecule has 1 N–H and O–H groups in total. The maximum Gasteiger partial charge on any atom is 0.257 e. The first-order valence-corrected chi connectivity index (χ1v) is 16.0. The highest BCUT2D eigenvalue weighted by Gasteiger charge is 2.25. The Balaban J connectivity index is 1.35. The summed E-state index contributed by atoms with van der Waals surface area (Å²) in [7, 11) is 1.15. The molecule has 2 heterocycles. The molecule has 0 radical (unpaired) electrons. The number of anilines is 1. The Labute approximate surface area is 227 Å². The number of benzene rings is 2. The third-order valence-electron chi connectivity index (χ3n) is 7.10. The molecule has 5 nitrogen and oxygen atoms in total. The van der Waals surface area contributed by atoms with Gasteiger partial charge in [-0.2, -0.15) is 10.0 Å². The van der Waals surface area contributed by atoms with Crippen LogP contribution in [0.15, 0.2) is 53.9 Å². The summed E-state index contributed by atoms with van der Waals surface area (Å²) in [6.07, 6.45) is 4.53. The van der Waals surface area contributed by atoms with Crippen LogP contribution >= 0.6 is 21.4 Å². The number of piperazine rings is 1. The van der Waals surface area contributed by atoms with Crippen molar-refractivity contribution < 1.29 is 4.79 Å². The SMILES string of the molecule is CN1CCN(Cc2ccc(C(=O)Nc3nc(-c4ccc(C#CS(C)(C)C(C)(C)C)cc4)cs3)cc2)CC1. The Morgan fingerprint density at radius 2 is 1.68 bits per heavy atom. The maximum atomic E-state index is 12.8. The van der Waals surface area contributed by atoms with E-state index in [4.69, 9.17) is 0 Å². The van der Waals surface area contributed by atoms with Gasteiger partial charge in [0.15, 0.2) is 5.13 Å². The van der Waals surface area contributed by atoms with Gasteiger partial charge < -0.3 is 4.90 Å². The molecule has 7 heteroatoms. The van der Waals surface area contributed by atoms with Gasteiger partial charge in [-0.15, -0.1) is 11.3 Å². The topological polar surface area (TPSA) is 48.5 Å². The number of nitrogens with zero attached hydrogens (tertiary/aromatic N) is 3. The summed E-state index contributed by atoms with van der Waals surface area (Å²) in [4.78, 5) is 22.2. The summed E-state index contributed by atoms with van der Waals surface area (Å²) < 4.78 is 0.189. The molecule has 2 aromatic carbocycles. The Kier molecular flexibility index (Phi) is 8.45. The molecule has 0 saturated carbocycles. The lowest BCUT2D eigenvalue weighted by Crippen LogP contribution is -2.43. The lowest BCUT2D eigenvalue weighted by atomic mass is 10.1. The van der Waals surface area contributed by atoms with Crippen LogP contribution in [0.4, 0.5) is 5.13 Å². The molecule has 196 valence electrons. The quantitative estimate of drug-likeness (QED) is 0.409. The Bertz CT molecular complexity index is 1270. The van der Waals surface area contributed by atoms with Crippen molar-refractivity contribution in [3.05, 3.63) is 70.6 Å². The predicted octanol–water partition coefficient (Wildman–Crippen LogP) is 5.98. The van der Waals surface area contributed by atoms with Gasteiger partial charge in [-0.1, -0.05) is 51.0 Å². The molecule has 4 rings (SSSR count). The van der Waals surface area contributed by atoms with Gasteiger partial charge in [0.2, 0.25) is 0 Å². The standard InChI is InChI=1S/C30H38N4OS2/c1-30(2,3)37(5,6)20-15-23-7-11-25(12-8-23)27-22-36-29(31-27)32-28(35)26-13-9-24(10-14-26)21-34-18-16-33(4)17-19-34/h7-14,22H,16-19,21H2,1-6H3,(H,31,32,35). The van der Waals surface area contributed by atoms with E-state index in [1.165, 1.54) is 16.9 Å². The number of likely N-dealkylation sites (N-methyl/N-ethyl adjacent to an activating group) is 1. The Morgan fingerprint density at radius 3 is 2.30 bits per heavy atom. The van der Waals surface area contributed by atoms with Crippen LogP contribution in [0.5, 0.6) is 0 Å². The molecule has 37 heavy (non-hydrogen) atoms. The number of hydrogen-bond donors (Lipinski definition) is 1. The number of carbonyl (C=O) groups is 1. The molecular formula is C30H38N4OS2. The zero-order chi connectivity index (χ0) is 26.6. The van der Waals surface area contributed by atoms with E-state index >= 15 is 0 Å². The zero-order valence-electron chi connectivity index (χ0n) is 22.8. The number of hydrogen-bond acceptors (Lipinski definition) is 5. The molecule has 0 bridgehead atoms. The molecule has 0 atom stereocenters. The number of nitrogens with one attached hydrogen (secondary N) is 1. The molecule has 1 saturated heterocycles. The first kappa shape index (κ1) is 27.4. The van der Waals surface area contributed by atoms with Crippen molar-refractivity contribution in [3.63, 3.8) is 0 Å². The van der Waals surface area contributed by atoms with Crippen molar-refractivity contribution in [1.29, 1.82) is 0 Å². The van der Waals surface area contributed by atoms with Gasteiger partial charge in [-0.25, -0.2) is 4.98 Å². The smallest absolute Gasteiger partial charge is 0.257 e. The first-order chi connectivity index (χ1) is 17.5. The Morgan fingerprint density at radius 1 is 1.03 bits per heavy atom. The second kappa shape index (κ2) is 11.4. The molecule has 0 spiro atoms. The highest BCUT2D eigenvalue weighted by Crippen LogP contribution is 2.51. The van der Waals surface area contributed by atoms with E-state index in [-0.39, 0.29) is 10.7 Å². The van der Waals surface area contributed by atoms with Crippen LogP contribution < -0.4 is 5.32 Å². The molecule has 1 fully saturated rings. The first-order valence-electron chi connectivity index (χ1n) is 12.6. The van der Waals surface area contributed by atoms with Gasteiger partial charge in [0.1, 0.15) is 0 Å². The van der Waals surface area contributed by atoms with Crippen LogP contribution in [-0.4, -0.2) is 71.2 Å². The van der Waals surface area contributed by atoms with Gasteiger partial charge in [0, 0.05) is 59.5 Å². The fourth-order valence-corrected chi connectivity index (χ4v) is 5.12. The average molecular weight is 535 g/mol. The van der Waals surface area contributed by atoms with Gasteiger partial charge in [-0.05, 0) is 54.6 Å². The van der Waals surface area contributed by atoms with Crippen molar-refractivity contribution in [2.75, 3.05) is 51.1 Å². The lowest BCUT2D eigenvalue weighted by Gasteiger charge is -2.39. The number of amides is 1. The normalized spacial score (nSPS) is 15.6. The van der Waals surface area contributed by atoms with Crippen LogP contribution in [0.25, 0.3) is 11.3 Å². The Hall–Kier alpha value is -2.63. The van der Waals surface area contributed by atoms with Crippen LogP contribution in [0, 0.1) is 11.2 Å². The summed E-state index contributed by atoms with van der Waals surface area (Å²) >= 11 is 1.44. The van der Waals surface area contributed by atoms with E-state index in [1.807, 2.05) is 41.8 Å². The van der Waals surface area contributed by atoms with Crippen LogP contribution in [0.1, 0.15) is 42.3 Å².